The number of rotatable bonds is 11. The van der Waals surface area contributed by atoms with E-state index in [1.807, 2.05) is 32.0 Å². The van der Waals surface area contributed by atoms with Crippen LogP contribution in [0.15, 0.2) is 57.8 Å². The SMILES string of the molecule is Cc1nc2n(c(=O)c1CCN1CCC(c3noc4cc(F)ccc34)CC1)CCCC2OCOC(=O)CC(C)Cc1ccccc1. The molecule has 2 aromatic heterocycles. The van der Waals surface area contributed by atoms with Crippen LogP contribution in [0, 0.1) is 18.7 Å². The van der Waals surface area contributed by atoms with Crippen LogP contribution >= 0.6 is 0 Å². The van der Waals surface area contributed by atoms with Gasteiger partial charge in [-0.15, -0.1) is 0 Å². The largest absolute Gasteiger partial charge is 0.438 e. The molecule has 1 fully saturated rings. The summed E-state index contributed by atoms with van der Waals surface area (Å²) >= 11 is 0. The molecule has 4 aromatic rings. The average molecular weight is 617 g/mol. The maximum absolute atomic E-state index is 13.6. The van der Waals surface area contributed by atoms with E-state index in [4.69, 9.17) is 19.0 Å². The Morgan fingerprint density at radius 3 is 2.71 bits per heavy atom. The number of hydrogen-bond donors (Lipinski definition) is 0. The molecule has 4 heterocycles. The minimum atomic E-state index is -0.392. The van der Waals surface area contributed by atoms with Crippen molar-refractivity contribution in [2.24, 2.45) is 5.92 Å². The van der Waals surface area contributed by atoms with E-state index in [0.717, 1.165) is 74.1 Å². The van der Waals surface area contributed by atoms with Gasteiger partial charge < -0.3 is 18.9 Å². The fourth-order valence-electron chi connectivity index (χ4n) is 6.73. The van der Waals surface area contributed by atoms with Crippen molar-refractivity contribution in [1.29, 1.82) is 0 Å². The summed E-state index contributed by atoms with van der Waals surface area (Å²) in [5.41, 5.74) is 4.05. The van der Waals surface area contributed by atoms with Crippen molar-refractivity contribution in [3.8, 4) is 0 Å². The zero-order valence-corrected chi connectivity index (χ0v) is 26.0. The van der Waals surface area contributed by atoms with Crippen LogP contribution in [-0.2, 0) is 33.7 Å². The first kappa shape index (κ1) is 31.1. The van der Waals surface area contributed by atoms with E-state index < -0.39 is 6.10 Å². The Labute approximate surface area is 262 Å². The molecule has 238 valence electrons. The minimum absolute atomic E-state index is 0.00582. The van der Waals surface area contributed by atoms with Crippen LogP contribution in [0.2, 0.25) is 0 Å². The summed E-state index contributed by atoms with van der Waals surface area (Å²) in [6.45, 7) is 6.92. The second-order valence-electron chi connectivity index (χ2n) is 12.5. The van der Waals surface area contributed by atoms with Gasteiger partial charge in [0.05, 0.1) is 5.69 Å². The Hall–Kier alpha value is -3.89. The number of aromatic nitrogens is 3. The molecule has 2 aliphatic heterocycles. The highest BCUT2D eigenvalue weighted by atomic mass is 19.1. The first-order valence-corrected chi connectivity index (χ1v) is 16.0. The Balaban J connectivity index is 0.998. The summed E-state index contributed by atoms with van der Waals surface area (Å²) in [4.78, 5) is 33.2. The number of esters is 1. The highest BCUT2D eigenvalue weighted by molar-refractivity contribution is 5.79. The summed E-state index contributed by atoms with van der Waals surface area (Å²) in [5, 5.41) is 5.14. The number of likely N-dealkylation sites (tertiary alicyclic amines) is 1. The smallest absolute Gasteiger partial charge is 0.308 e. The van der Waals surface area contributed by atoms with E-state index in [1.54, 1.807) is 10.6 Å². The Bertz CT molecular complexity index is 1680. The molecule has 0 spiro atoms. The number of ether oxygens (including phenoxy) is 2. The predicted molar refractivity (Wildman–Crippen MR) is 167 cm³/mol. The fraction of sp³-hybridized carbons (Fsp3) is 0.486. The topological polar surface area (TPSA) is 99.7 Å². The van der Waals surface area contributed by atoms with Gasteiger partial charge in [0.1, 0.15) is 17.7 Å². The molecule has 2 aromatic carbocycles. The van der Waals surface area contributed by atoms with Gasteiger partial charge in [-0.2, -0.15) is 0 Å². The van der Waals surface area contributed by atoms with E-state index in [1.165, 1.54) is 17.7 Å². The monoisotopic (exact) mass is 616 g/mol. The molecule has 2 aliphatic rings. The van der Waals surface area contributed by atoms with E-state index >= 15 is 0 Å². The van der Waals surface area contributed by atoms with Crippen molar-refractivity contribution >= 4 is 16.9 Å². The molecule has 2 unspecified atom stereocenters. The molecule has 0 bridgehead atoms. The summed E-state index contributed by atoms with van der Waals surface area (Å²) in [5.74, 6) is 0.414. The van der Waals surface area contributed by atoms with Crippen LogP contribution in [0.3, 0.4) is 0 Å². The summed E-state index contributed by atoms with van der Waals surface area (Å²) < 4.78 is 32.0. The molecule has 45 heavy (non-hydrogen) atoms. The lowest BCUT2D eigenvalue weighted by Gasteiger charge is -2.31. The quantitative estimate of drug-likeness (QED) is 0.152. The normalized spacial score (nSPS) is 18.2. The lowest BCUT2D eigenvalue weighted by atomic mass is 9.91. The van der Waals surface area contributed by atoms with Gasteiger partial charge in [-0.05, 0) is 82.2 Å². The molecular weight excluding hydrogens is 575 g/mol. The van der Waals surface area contributed by atoms with Gasteiger partial charge in [-0.25, -0.2) is 9.37 Å². The van der Waals surface area contributed by atoms with Gasteiger partial charge >= 0.3 is 5.97 Å². The standard InChI is InChI=1S/C35H41FN4O5/c1-23(19-25-7-4-3-5-8-25)20-32(41)44-22-43-30-9-6-15-40-34(30)37-24(2)28(35(40)42)14-18-39-16-12-26(13-17-39)33-29-11-10-27(36)21-31(29)45-38-33/h3-5,7-8,10-11,21,23,26,30H,6,9,12-20,22H2,1-2H3. The zero-order valence-electron chi connectivity index (χ0n) is 26.0. The van der Waals surface area contributed by atoms with Crippen molar-refractivity contribution < 1.29 is 23.2 Å². The lowest BCUT2D eigenvalue weighted by molar-refractivity contribution is -0.163. The van der Waals surface area contributed by atoms with Gasteiger partial charge in [0.2, 0.25) is 0 Å². The van der Waals surface area contributed by atoms with Crippen molar-refractivity contribution in [1.82, 2.24) is 19.6 Å². The third kappa shape index (κ3) is 7.34. The molecule has 6 rings (SSSR count). The highest BCUT2D eigenvalue weighted by Crippen LogP contribution is 2.33. The van der Waals surface area contributed by atoms with Crippen LogP contribution in [0.4, 0.5) is 4.39 Å². The van der Waals surface area contributed by atoms with E-state index in [9.17, 15) is 14.0 Å². The zero-order chi connectivity index (χ0) is 31.3. The Morgan fingerprint density at radius 2 is 1.91 bits per heavy atom. The summed E-state index contributed by atoms with van der Waals surface area (Å²) in [6, 6.07) is 14.7. The summed E-state index contributed by atoms with van der Waals surface area (Å²) in [6.07, 6.45) is 4.72. The number of halogens is 1. The Morgan fingerprint density at radius 1 is 1.11 bits per heavy atom. The van der Waals surface area contributed by atoms with Crippen molar-refractivity contribution in [2.75, 3.05) is 26.4 Å². The predicted octanol–water partition coefficient (Wildman–Crippen LogP) is 5.88. The molecule has 0 N–H and O–H groups in total. The number of benzene rings is 2. The number of aryl methyl sites for hydroxylation is 1. The van der Waals surface area contributed by atoms with Crippen LogP contribution < -0.4 is 5.56 Å². The third-order valence-corrected chi connectivity index (χ3v) is 9.18. The number of fused-ring (bicyclic) bond motifs is 2. The molecule has 0 radical (unpaired) electrons. The number of carbonyl (C=O) groups is 1. The highest BCUT2D eigenvalue weighted by Gasteiger charge is 2.28. The van der Waals surface area contributed by atoms with Crippen LogP contribution in [0.25, 0.3) is 11.0 Å². The fourth-order valence-corrected chi connectivity index (χ4v) is 6.73. The first-order chi connectivity index (χ1) is 21.9. The summed E-state index contributed by atoms with van der Waals surface area (Å²) in [7, 11) is 0. The second-order valence-corrected chi connectivity index (χ2v) is 12.5. The van der Waals surface area contributed by atoms with Crippen molar-refractivity contribution in [2.45, 2.75) is 77.4 Å². The van der Waals surface area contributed by atoms with Gasteiger partial charge in [0, 0.05) is 48.1 Å². The molecule has 0 amide bonds. The molecule has 2 atom stereocenters. The van der Waals surface area contributed by atoms with Crippen LogP contribution in [0.1, 0.15) is 79.4 Å². The number of hydrogen-bond acceptors (Lipinski definition) is 8. The number of carbonyl (C=O) groups excluding carboxylic acids is 1. The molecule has 0 aliphatic carbocycles. The third-order valence-electron chi connectivity index (χ3n) is 9.18. The average Bonchev–Trinajstić information content (AvgIpc) is 3.45. The van der Waals surface area contributed by atoms with Gasteiger partial charge in [-0.3, -0.25) is 14.2 Å². The van der Waals surface area contributed by atoms with Gasteiger partial charge in [0.25, 0.3) is 5.56 Å². The lowest BCUT2D eigenvalue weighted by Crippen LogP contribution is -2.38. The molecular formula is C35H41FN4O5. The first-order valence-electron chi connectivity index (χ1n) is 16.0. The van der Waals surface area contributed by atoms with E-state index in [0.29, 0.717) is 30.8 Å². The molecule has 10 heteroatoms. The molecule has 1 saturated heterocycles. The molecule has 0 saturated carbocycles. The molecule has 9 nitrogen and oxygen atoms in total. The second kappa shape index (κ2) is 14.0. The number of nitrogens with zero attached hydrogens (tertiary/aromatic N) is 4. The van der Waals surface area contributed by atoms with Crippen LogP contribution in [0.5, 0.6) is 0 Å². The van der Waals surface area contributed by atoms with E-state index in [2.05, 4.69) is 22.2 Å². The van der Waals surface area contributed by atoms with Gasteiger partial charge in [-0.1, -0.05) is 42.4 Å². The van der Waals surface area contributed by atoms with Crippen molar-refractivity contribution in [3.05, 3.63) is 93.0 Å². The maximum Gasteiger partial charge on any atom is 0.308 e. The maximum atomic E-state index is 13.6. The van der Waals surface area contributed by atoms with Crippen LogP contribution in [-0.4, -0.2) is 52.0 Å². The van der Waals surface area contributed by atoms with Gasteiger partial charge in [0.15, 0.2) is 12.4 Å². The minimum Gasteiger partial charge on any atom is -0.438 e. The van der Waals surface area contributed by atoms with Crippen molar-refractivity contribution in [3.63, 3.8) is 0 Å². The van der Waals surface area contributed by atoms with E-state index in [-0.39, 0.29) is 36.0 Å². The number of piperidine rings is 1. The Kier molecular flexibility index (Phi) is 9.70.